The molecule has 1 aromatic heterocycles. The summed E-state index contributed by atoms with van der Waals surface area (Å²) >= 11 is 0. The van der Waals surface area contributed by atoms with E-state index in [1.807, 2.05) is 24.3 Å². The van der Waals surface area contributed by atoms with Crippen LogP contribution >= 0.6 is 0 Å². The van der Waals surface area contributed by atoms with Gasteiger partial charge in [0.25, 0.3) is 5.91 Å². The van der Waals surface area contributed by atoms with Crippen LogP contribution < -0.4 is 14.8 Å². The van der Waals surface area contributed by atoms with Crippen LogP contribution in [0.4, 0.5) is 0 Å². The van der Waals surface area contributed by atoms with Crippen LogP contribution in [0.25, 0.3) is 0 Å². The first kappa shape index (κ1) is 15.8. The van der Waals surface area contributed by atoms with E-state index in [-0.39, 0.29) is 11.8 Å². The van der Waals surface area contributed by atoms with Crippen molar-refractivity contribution in [3.63, 3.8) is 0 Å². The molecule has 0 bridgehead atoms. The largest absolute Gasteiger partial charge is 0.497 e. The van der Waals surface area contributed by atoms with Crippen molar-refractivity contribution in [3.8, 4) is 17.6 Å². The number of aromatic nitrogens is 1. The molecule has 0 spiro atoms. The third kappa shape index (κ3) is 3.46. The van der Waals surface area contributed by atoms with Crippen molar-refractivity contribution in [3.05, 3.63) is 53.3 Å². The number of carbonyl (C=O) groups excluding carboxylic acids is 1. The molecule has 0 saturated heterocycles. The lowest BCUT2D eigenvalue weighted by Gasteiger charge is -2.25. The van der Waals surface area contributed by atoms with E-state index in [1.165, 1.54) is 12.3 Å². The van der Waals surface area contributed by atoms with Crippen LogP contribution in [-0.4, -0.2) is 31.2 Å². The average molecular weight is 323 g/mol. The van der Waals surface area contributed by atoms with Crippen molar-refractivity contribution in [1.29, 1.82) is 5.26 Å². The maximum Gasteiger partial charge on any atom is 0.252 e. The second-order valence-electron chi connectivity index (χ2n) is 5.61. The smallest absolute Gasteiger partial charge is 0.252 e. The first-order valence-electron chi connectivity index (χ1n) is 7.63. The minimum atomic E-state index is -0.201. The predicted octanol–water partition coefficient (Wildman–Crippen LogP) is 1.94. The molecule has 1 aliphatic rings. The van der Waals surface area contributed by atoms with E-state index in [0.29, 0.717) is 24.4 Å². The Balaban J connectivity index is 1.57. The van der Waals surface area contributed by atoms with Crippen LogP contribution in [-0.2, 0) is 6.42 Å². The number of hydrogen-bond acceptors (Lipinski definition) is 5. The minimum Gasteiger partial charge on any atom is -0.497 e. The Kier molecular flexibility index (Phi) is 4.62. The molecule has 3 rings (SSSR count). The number of amides is 1. The zero-order valence-corrected chi connectivity index (χ0v) is 13.3. The van der Waals surface area contributed by atoms with Crippen molar-refractivity contribution >= 4 is 5.91 Å². The normalized spacial score (nSPS) is 15.6. The lowest BCUT2D eigenvalue weighted by molar-refractivity contribution is 0.0938. The summed E-state index contributed by atoms with van der Waals surface area (Å²) in [4.78, 5) is 16.0. The van der Waals surface area contributed by atoms with Gasteiger partial charge in [0.05, 0.1) is 19.3 Å². The molecule has 24 heavy (non-hydrogen) atoms. The lowest BCUT2D eigenvalue weighted by atomic mass is 9.96. The van der Waals surface area contributed by atoms with Gasteiger partial charge < -0.3 is 14.8 Å². The molecule has 0 fully saturated rings. The lowest BCUT2D eigenvalue weighted by Crippen LogP contribution is -2.34. The number of fused-ring (bicyclic) bond motifs is 1. The monoisotopic (exact) mass is 323 g/mol. The number of benzene rings is 1. The molecule has 0 radical (unpaired) electrons. The van der Waals surface area contributed by atoms with Gasteiger partial charge in [0.15, 0.2) is 0 Å². The zero-order valence-electron chi connectivity index (χ0n) is 13.3. The second kappa shape index (κ2) is 7.01. The van der Waals surface area contributed by atoms with Gasteiger partial charge in [-0.1, -0.05) is 6.07 Å². The fraction of sp³-hybridized carbons (Fsp3) is 0.278. The van der Waals surface area contributed by atoms with E-state index in [1.54, 1.807) is 13.2 Å². The number of methoxy groups -OCH3 is 1. The van der Waals surface area contributed by atoms with E-state index in [0.717, 1.165) is 23.5 Å². The summed E-state index contributed by atoms with van der Waals surface area (Å²) in [5.41, 5.74) is 1.84. The standard InChI is InChI=1S/C18H17N3O3/c1-23-16-5-3-13-6-12(11-24-17(13)7-16)9-21-18(22)14-2-4-15(8-19)20-10-14/h2-5,7,10,12H,6,9,11H2,1H3,(H,21,22)/t12-/m0/s1. The quantitative estimate of drug-likeness (QED) is 0.929. The van der Waals surface area contributed by atoms with Crippen molar-refractivity contribution in [2.75, 3.05) is 20.3 Å². The van der Waals surface area contributed by atoms with Gasteiger partial charge in [0.1, 0.15) is 23.3 Å². The second-order valence-corrected chi connectivity index (χ2v) is 5.61. The van der Waals surface area contributed by atoms with Gasteiger partial charge in [0.2, 0.25) is 0 Å². The van der Waals surface area contributed by atoms with Crippen LogP contribution in [0.15, 0.2) is 36.5 Å². The highest BCUT2D eigenvalue weighted by Gasteiger charge is 2.21. The van der Waals surface area contributed by atoms with Gasteiger partial charge in [-0.2, -0.15) is 5.26 Å². The Labute approximate surface area is 140 Å². The molecule has 0 unspecified atom stereocenters. The van der Waals surface area contributed by atoms with Crippen molar-refractivity contribution in [2.24, 2.45) is 5.92 Å². The van der Waals surface area contributed by atoms with Crippen LogP contribution in [0.1, 0.15) is 21.6 Å². The Hall–Kier alpha value is -3.07. The van der Waals surface area contributed by atoms with Crippen LogP contribution in [0.5, 0.6) is 11.5 Å². The minimum absolute atomic E-state index is 0.201. The average Bonchev–Trinajstić information content (AvgIpc) is 2.65. The van der Waals surface area contributed by atoms with Gasteiger partial charge in [-0.25, -0.2) is 4.98 Å². The number of pyridine rings is 1. The summed E-state index contributed by atoms with van der Waals surface area (Å²) in [6, 6.07) is 10.8. The molecule has 6 nitrogen and oxygen atoms in total. The Bertz CT molecular complexity index is 781. The summed E-state index contributed by atoms with van der Waals surface area (Å²) in [5, 5.41) is 11.6. The Morgan fingerprint density at radius 1 is 1.46 bits per heavy atom. The van der Waals surface area contributed by atoms with Gasteiger partial charge in [-0.15, -0.1) is 0 Å². The number of nitriles is 1. The highest BCUT2D eigenvalue weighted by molar-refractivity contribution is 5.93. The number of ether oxygens (including phenoxy) is 2. The highest BCUT2D eigenvalue weighted by atomic mass is 16.5. The summed E-state index contributed by atoms with van der Waals surface area (Å²) < 4.78 is 11.0. The number of nitrogens with one attached hydrogen (secondary N) is 1. The molecule has 1 amide bonds. The van der Waals surface area contributed by atoms with Crippen LogP contribution in [0.3, 0.4) is 0 Å². The molecule has 2 heterocycles. The number of nitrogens with zero attached hydrogens (tertiary/aromatic N) is 2. The van der Waals surface area contributed by atoms with E-state index in [4.69, 9.17) is 14.7 Å². The summed E-state index contributed by atoms with van der Waals surface area (Å²) in [5.74, 6) is 1.62. The highest BCUT2D eigenvalue weighted by Crippen LogP contribution is 2.30. The molecule has 1 aromatic carbocycles. The molecule has 122 valence electrons. The van der Waals surface area contributed by atoms with Crippen molar-refractivity contribution in [1.82, 2.24) is 10.3 Å². The Morgan fingerprint density at radius 3 is 3.04 bits per heavy atom. The summed E-state index contributed by atoms with van der Waals surface area (Å²) in [7, 11) is 1.63. The van der Waals surface area contributed by atoms with Gasteiger partial charge in [0, 0.05) is 24.7 Å². The SMILES string of the molecule is COc1ccc2c(c1)OC[C@H](CNC(=O)c1ccc(C#N)nc1)C2. The number of hydrogen-bond donors (Lipinski definition) is 1. The summed E-state index contributed by atoms with van der Waals surface area (Å²) in [6.07, 6.45) is 2.25. The van der Waals surface area contributed by atoms with Gasteiger partial charge in [-0.3, -0.25) is 4.79 Å². The van der Waals surface area contributed by atoms with Crippen molar-refractivity contribution in [2.45, 2.75) is 6.42 Å². The molecular weight excluding hydrogens is 306 g/mol. The molecule has 1 atom stereocenters. The first-order chi connectivity index (χ1) is 11.7. The molecule has 1 aliphatic heterocycles. The van der Waals surface area contributed by atoms with Crippen LogP contribution in [0, 0.1) is 17.2 Å². The van der Waals surface area contributed by atoms with Crippen molar-refractivity contribution < 1.29 is 14.3 Å². The molecule has 0 saturated carbocycles. The number of carbonyl (C=O) groups is 1. The molecule has 6 heteroatoms. The predicted molar refractivity (Wildman–Crippen MR) is 87.0 cm³/mol. The Morgan fingerprint density at radius 2 is 2.33 bits per heavy atom. The molecular formula is C18H17N3O3. The van der Waals surface area contributed by atoms with E-state index < -0.39 is 0 Å². The maximum atomic E-state index is 12.1. The van der Waals surface area contributed by atoms with Crippen LogP contribution in [0.2, 0.25) is 0 Å². The summed E-state index contributed by atoms with van der Waals surface area (Å²) in [6.45, 7) is 1.07. The number of rotatable bonds is 4. The molecule has 0 aliphatic carbocycles. The third-order valence-corrected chi connectivity index (χ3v) is 3.95. The zero-order chi connectivity index (χ0) is 16.9. The third-order valence-electron chi connectivity index (χ3n) is 3.95. The molecule has 1 N–H and O–H groups in total. The van der Waals surface area contributed by atoms with E-state index in [2.05, 4.69) is 10.3 Å². The fourth-order valence-corrected chi connectivity index (χ4v) is 2.61. The topological polar surface area (TPSA) is 84.2 Å². The molecule has 2 aromatic rings. The maximum absolute atomic E-state index is 12.1. The van der Waals surface area contributed by atoms with Gasteiger partial charge in [-0.05, 0) is 30.2 Å². The van der Waals surface area contributed by atoms with E-state index >= 15 is 0 Å². The van der Waals surface area contributed by atoms with E-state index in [9.17, 15) is 4.79 Å². The fourth-order valence-electron chi connectivity index (χ4n) is 2.61. The van der Waals surface area contributed by atoms with Gasteiger partial charge >= 0.3 is 0 Å². The first-order valence-corrected chi connectivity index (χ1v) is 7.63.